The number of morpholine rings is 1. The summed E-state index contributed by atoms with van der Waals surface area (Å²) in [5, 5.41) is 4.77. The molecule has 30 heavy (non-hydrogen) atoms. The SMILES string of the molecule is CNC(=O)[C@@]1(Cc2ccc(-c3cccs3)cc2)CN(C(=O)c2cccnc2)CCO1. The lowest BCUT2D eigenvalue weighted by molar-refractivity contribution is -0.156. The third kappa shape index (κ3) is 4.13. The first kappa shape index (κ1) is 20.3. The number of rotatable bonds is 5. The van der Waals surface area contributed by atoms with Gasteiger partial charge in [-0.25, -0.2) is 0 Å². The minimum Gasteiger partial charge on any atom is -0.361 e. The predicted octanol–water partition coefficient (Wildman–Crippen LogP) is 3.01. The minimum absolute atomic E-state index is 0.146. The Morgan fingerprint density at radius 3 is 2.70 bits per heavy atom. The van der Waals surface area contributed by atoms with Gasteiger partial charge in [0.2, 0.25) is 0 Å². The van der Waals surface area contributed by atoms with Crippen molar-refractivity contribution in [2.75, 3.05) is 26.7 Å². The third-order valence-corrected chi connectivity index (χ3v) is 6.19. The Hall–Kier alpha value is -3.03. The molecule has 6 nitrogen and oxygen atoms in total. The van der Waals surface area contributed by atoms with Crippen LogP contribution >= 0.6 is 11.3 Å². The molecule has 0 aliphatic carbocycles. The lowest BCUT2D eigenvalue weighted by atomic mass is 9.90. The van der Waals surface area contributed by atoms with Crippen LogP contribution in [0.15, 0.2) is 66.3 Å². The van der Waals surface area contributed by atoms with Crippen LogP contribution in [-0.2, 0) is 16.0 Å². The highest BCUT2D eigenvalue weighted by molar-refractivity contribution is 7.13. The number of carbonyl (C=O) groups excluding carboxylic acids is 2. The molecule has 7 heteroatoms. The number of pyridine rings is 1. The van der Waals surface area contributed by atoms with Crippen LogP contribution in [0, 0.1) is 0 Å². The Bertz CT molecular complexity index is 1010. The summed E-state index contributed by atoms with van der Waals surface area (Å²) in [5.74, 6) is -0.374. The highest BCUT2D eigenvalue weighted by Crippen LogP contribution is 2.28. The van der Waals surface area contributed by atoms with Crippen molar-refractivity contribution in [2.45, 2.75) is 12.0 Å². The van der Waals surface area contributed by atoms with Crippen LogP contribution in [0.5, 0.6) is 0 Å². The second kappa shape index (κ2) is 8.77. The summed E-state index contributed by atoms with van der Waals surface area (Å²) >= 11 is 1.69. The Morgan fingerprint density at radius 2 is 2.03 bits per heavy atom. The maximum Gasteiger partial charge on any atom is 0.255 e. The van der Waals surface area contributed by atoms with Crippen molar-refractivity contribution < 1.29 is 14.3 Å². The van der Waals surface area contributed by atoms with E-state index in [4.69, 9.17) is 4.74 Å². The van der Waals surface area contributed by atoms with Crippen molar-refractivity contribution in [1.82, 2.24) is 15.2 Å². The Labute approximate surface area is 179 Å². The number of amides is 2. The van der Waals surface area contributed by atoms with Gasteiger partial charge in [0.1, 0.15) is 0 Å². The molecule has 0 unspecified atom stereocenters. The van der Waals surface area contributed by atoms with E-state index in [9.17, 15) is 9.59 Å². The van der Waals surface area contributed by atoms with E-state index in [1.807, 2.05) is 23.6 Å². The zero-order chi connectivity index (χ0) is 21.0. The molecule has 1 saturated heterocycles. The smallest absolute Gasteiger partial charge is 0.255 e. The number of aromatic nitrogens is 1. The summed E-state index contributed by atoms with van der Waals surface area (Å²) in [4.78, 5) is 32.7. The van der Waals surface area contributed by atoms with Gasteiger partial charge in [-0.3, -0.25) is 14.6 Å². The summed E-state index contributed by atoms with van der Waals surface area (Å²) in [6.07, 6.45) is 3.56. The molecule has 2 aromatic heterocycles. The fraction of sp³-hybridized carbons (Fsp3) is 0.261. The lowest BCUT2D eigenvalue weighted by Gasteiger charge is -2.41. The number of benzene rings is 1. The second-order valence-electron chi connectivity index (χ2n) is 7.24. The molecule has 1 atom stereocenters. The number of nitrogens with zero attached hydrogens (tertiary/aromatic N) is 2. The predicted molar refractivity (Wildman–Crippen MR) is 116 cm³/mol. The van der Waals surface area contributed by atoms with Gasteiger partial charge in [0.25, 0.3) is 11.8 Å². The number of ether oxygens (including phenoxy) is 1. The molecule has 1 aromatic carbocycles. The van der Waals surface area contributed by atoms with Crippen LogP contribution < -0.4 is 5.32 Å². The lowest BCUT2D eigenvalue weighted by Crippen LogP contribution is -2.61. The van der Waals surface area contributed by atoms with E-state index in [1.54, 1.807) is 47.8 Å². The molecule has 1 aliphatic rings. The van der Waals surface area contributed by atoms with Crippen molar-refractivity contribution in [3.05, 3.63) is 77.4 Å². The molecule has 0 bridgehead atoms. The molecule has 0 spiro atoms. The van der Waals surface area contributed by atoms with Crippen molar-refractivity contribution >= 4 is 23.2 Å². The molecule has 1 N–H and O–H groups in total. The molecular weight excluding hydrogens is 398 g/mol. The summed E-state index contributed by atoms with van der Waals surface area (Å²) in [6, 6.07) is 15.7. The average molecular weight is 422 g/mol. The van der Waals surface area contributed by atoms with Crippen LogP contribution in [0.4, 0.5) is 0 Å². The molecule has 2 amide bonds. The Kier molecular flexibility index (Phi) is 5.92. The van der Waals surface area contributed by atoms with Gasteiger partial charge < -0.3 is 15.0 Å². The van der Waals surface area contributed by atoms with Gasteiger partial charge in [0.15, 0.2) is 5.60 Å². The monoisotopic (exact) mass is 421 g/mol. The molecule has 0 radical (unpaired) electrons. The first-order chi connectivity index (χ1) is 14.6. The van der Waals surface area contributed by atoms with Crippen molar-refractivity contribution in [3.8, 4) is 10.4 Å². The number of carbonyl (C=O) groups is 2. The summed E-state index contributed by atoms with van der Waals surface area (Å²) < 4.78 is 6.02. The fourth-order valence-electron chi connectivity index (χ4n) is 3.74. The van der Waals surface area contributed by atoms with Crippen LogP contribution in [0.3, 0.4) is 0 Å². The highest BCUT2D eigenvalue weighted by atomic mass is 32.1. The summed E-state index contributed by atoms with van der Waals surface area (Å²) in [6.45, 7) is 0.920. The van der Waals surface area contributed by atoms with Crippen molar-refractivity contribution in [3.63, 3.8) is 0 Å². The number of hydrogen-bond acceptors (Lipinski definition) is 5. The standard InChI is InChI=1S/C23H23N3O3S/c1-24-22(28)23(14-17-6-8-18(9-7-17)20-5-3-13-30-20)16-26(11-12-29-23)21(27)19-4-2-10-25-15-19/h2-10,13,15H,11-12,14,16H2,1H3,(H,24,28)/t23-/m1/s1. The van der Waals surface area contributed by atoms with E-state index in [0.29, 0.717) is 25.1 Å². The van der Waals surface area contributed by atoms with E-state index in [2.05, 4.69) is 28.5 Å². The van der Waals surface area contributed by atoms with Crippen LogP contribution in [0.2, 0.25) is 0 Å². The molecule has 154 valence electrons. The van der Waals surface area contributed by atoms with Gasteiger partial charge >= 0.3 is 0 Å². The minimum atomic E-state index is -1.13. The topological polar surface area (TPSA) is 71.5 Å². The summed E-state index contributed by atoms with van der Waals surface area (Å²) in [5.41, 5.74) is 1.50. The third-order valence-electron chi connectivity index (χ3n) is 5.27. The largest absolute Gasteiger partial charge is 0.361 e. The van der Waals surface area contributed by atoms with Gasteiger partial charge in [-0.2, -0.15) is 0 Å². The number of nitrogens with one attached hydrogen (secondary N) is 1. The zero-order valence-corrected chi connectivity index (χ0v) is 17.5. The first-order valence-corrected chi connectivity index (χ1v) is 10.7. The molecular formula is C23H23N3O3S. The van der Waals surface area contributed by atoms with Crippen molar-refractivity contribution in [1.29, 1.82) is 0 Å². The maximum absolute atomic E-state index is 12.9. The van der Waals surface area contributed by atoms with E-state index in [-0.39, 0.29) is 18.4 Å². The molecule has 3 aromatic rings. The highest BCUT2D eigenvalue weighted by Gasteiger charge is 2.44. The quantitative estimate of drug-likeness (QED) is 0.688. The molecule has 3 heterocycles. The van der Waals surface area contributed by atoms with Gasteiger partial charge in [0, 0.05) is 37.3 Å². The zero-order valence-electron chi connectivity index (χ0n) is 16.7. The molecule has 0 saturated carbocycles. The van der Waals surface area contributed by atoms with E-state index >= 15 is 0 Å². The maximum atomic E-state index is 12.9. The number of hydrogen-bond donors (Lipinski definition) is 1. The normalized spacial score (nSPS) is 18.8. The number of likely N-dealkylation sites (N-methyl/N-ethyl adjacent to an activating group) is 1. The summed E-state index contributed by atoms with van der Waals surface area (Å²) in [7, 11) is 1.59. The Morgan fingerprint density at radius 1 is 1.20 bits per heavy atom. The average Bonchev–Trinajstić information content (AvgIpc) is 3.34. The van der Waals surface area contributed by atoms with Gasteiger partial charge in [-0.05, 0) is 34.7 Å². The molecule has 4 rings (SSSR count). The van der Waals surface area contributed by atoms with Gasteiger partial charge in [0.05, 0.1) is 18.7 Å². The van der Waals surface area contributed by atoms with E-state index < -0.39 is 5.60 Å². The molecule has 1 aliphatic heterocycles. The second-order valence-corrected chi connectivity index (χ2v) is 8.19. The molecule has 1 fully saturated rings. The van der Waals surface area contributed by atoms with Gasteiger partial charge in [-0.15, -0.1) is 11.3 Å². The van der Waals surface area contributed by atoms with E-state index in [1.165, 1.54) is 4.88 Å². The fourth-order valence-corrected chi connectivity index (χ4v) is 4.47. The van der Waals surface area contributed by atoms with E-state index in [0.717, 1.165) is 11.1 Å². The van der Waals surface area contributed by atoms with Crippen LogP contribution in [0.1, 0.15) is 15.9 Å². The Balaban J connectivity index is 1.56. The van der Waals surface area contributed by atoms with Crippen LogP contribution in [-0.4, -0.2) is 54.0 Å². The van der Waals surface area contributed by atoms with Crippen LogP contribution in [0.25, 0.3) is 10.4 Å². The van der Waals surface area contributed by atoms with Crippen molar-refractivity contribution in [2.24, 2.45) is 0 Å². The number of thiophene rings is 1. The first-order valence-electron chi connectivity index (χ1n) is 9.79. The van der Waals surface area contributed by atoms with Gasteiger partial charge in [-0.1, -0.05) is 30.3 Å².